The third-order valence-corrected chi connectivity index (χ3v) is 6.79. The number of nitrogens with zero attached hydrogens (tertiary/aromatic N) is 5. The predicted molar refractivity (Wildman–Crippen MR) is 114 cm³/mol. The summed E-state index contributed by atoms with van der Waals surface area (Å²) in [7, 11) is -0.366. The average Bonchev–Trinajstić information content (AvgIpc) is 2.78. The van der Waals surface area contributed by atoms with E-state index in [1.165, 1.54) is 11.4 Å². The van der Waals surface area contributed by atoms with E-state index in [0.29, 0.717) is 18.0 Å². The number of amides is 1. The fourth-order valence-electron chi connectivity index (χ4n) is 3.35. The second-order valence-corrected chi connectivity index (χ2v) is 9.16. The third kappa shape index (κ3) is 5.71. The lowest BCUT2D eigenvalue weighted by atomic mass is 9.93. The van der Waals surface area contributed by atoms with Crippen LogP contribution in [0, 0.1) is 5.92 Å². The lowest BCUT2D eigenvalue weighted by Gasteiger charge is -2.33. The van der Waals surface area contributed by atoms with Crippen LogP contribution in [0.25, 0.3) is 0 Å². The van der Waals surface area contributed by atoms with Gasteiger partial charge in [-0.05, 0) is 43.4 Å². The number of pyridine rings is 1. The molecule has 11 heteroatoms. The first-order valence-corrected chi connectivity index (χ1v) is 11.3. The van der Waals surface area contributed by atoms with Crippen LogP contribution in [0.1, 0.15) is 29.6 Å². The monoisotopic (exact) mass is 433 g/mol. The zero-order valence-electron chi connectivity index (χ0n) is 17.2. The molecule has 1 amide bonds. The van der Waals surface area contributed by atoms with Gasteiger partial charge in [-0.2, -0.15) is 17.7 Å². The molecule has 0 atom stereocenters. The summed E-state index contributed by atoms with van der Waals surface area (Å²) in [6.07, 6.45) is 7.48. The Morgan fingerprint density at radius 2 is 1.90 bits per heavy atom. The van der Waals surface area contributed by atoms with Gasteiger partial charge in [0.15, 0.2) is 0 Å². The molecular formula is C19H27N7O3S. The van der Waals surface area contributed by atoms with Gasteiger partial charge in [-0.3, -0.25) is 15.1 Å². The molecule has 3 heterocycles. The highest BCUT2D eigenvalue weighted by Gasteiger charge is 2.23. The van der Waals surface area contributed by atoms with Crippen LogP contribution in [0.4, 0.5) is 11.8 Å². The van der Waals surface area contributed by atoms with Crippen molar-refractivity contribution < 1.29 is 13.2 Å². The quantitative estimate of drug-likeness (QED) is 0.640. The topological polar surface area (TPSA) is 120 Å². The molecule has 2 aromatic rings. The number of carbonyl (C=O) groups is 1. The van der Waals surface area contributed by atoms with Crippen molar-refractivity contribution in [1.82, 2.24) is 24.0 Å². The van der Waals surface area contributed by atoms with Crippen LogP contribution < -0.4 is 14.9 Å². The molecular weight excluding hydrogens is 406 g/mol. The molecule has 1 saturated heterocycles. The summed E-state index contributed by atoms with van der Waals surface area (Å²) < 4.78 is 27.2. The molecule has 0 aliphatic carbocycles. The van der Waals surface area contributed by atoms with Crippen LogP contribution in [0.5, 0.6) is 0 Å². The van der Waals surface area contributed by atoms with Crippen molar-refractivity contribution in [3.8, 4) is 0 Å². The maximum atomic E-state index is 12.3. The van der Waals surface area contributed by atoms with E-state index in [1.807, 2.05) is 6.07 Å². The molecule has 1 aliphatic heterocycles. The minimum Gasteiger partial charge on any atom is -0.356 e. The maximum absolute atomic E-state index is 12.3. The molecule has 162 valence electrons. The van der Waals surface area contributed by atoms with Gasteiger partial charge in [-0.15, -0.1) is 0 Å². The number of aromatic nitrogens is 3. The molecule has 1 aliphatic rings. The van der Waals surface area contributed by atoms with Gasteiger partial charge in [-0.25, -0.2) is 9.71 Å². The van der Waals surface area contributed by atoms with Gasteiger partial charge in [-0.1, -0.05) is 0 Å². The Kier molecular flexibility index (Phi) is 7.29. The Balaban J connectivity index is 1.52. The Bertz CT molecular complexity index is 948. The van der Waals surface area contributed by atoms with Crippen molar-refractivity contribution in [3.05, 3.63) is 42.4 Å². The number of carbonyl (C=O) groups excluding carboxylic acids is 1. The second kappa shape index (κ2) is 9.92. The van der Waals surface area contributed by atoms with Crippen LogP contribution in [0.3, 0.4) is 0 Å². The molecule has 2 N–H and O–H groups in total. The summed E-state index contributed by atoms with van der Waals surface area (Å²) in [6.45, 7) is 2.14. The first kappa shape index (κ1) is 22.1. The highest BCUT2D eigenvalue weighted by Crippen LogP contribution is 2.24. The van der Waals surface area contributed by atoms with Gasteiger partial charge in [0.25, 0.3) is 16.1 Å². The summed E-state index contributed by atoms with van der Waals surface area (Å²) >= 11 is 0. The number of hydrogen-bond acceptors (Lipinski definition) is 7. The van der Waals surface area contributed by atoms with E-state index >= 15 is 0 Å². The van der Waals surface area contributed by atoms with Crippen LogP contribution in [-0.4, -0.2) is 67.3 Å². The molecule has 2 aromatic heterocycles. The average molecular weight is 434 g/mol. The van der Waals surface area contributed by atoms with Gasteiger partial charge >= 0.3 is 0 Å². The van der Waals surface area contributed by atoms with Crippen LogP contribution in [0.15, 0.2) is 36.8 Å². The fraction of sp³-hybridized carbons (Fsp3) is 0.474. The van der Waals surface area contributed by atoms with Crippen molar-refractivity contribution in [2.75, 3.05) is 43.9 Å². The summed E-state index contributed by atoms with van der Waals surface area (Å²) in [5.74, 6) is 1.20. The van der Waals surface area contributed by atoms with E-state index in [4.69, 9.17) is 0 Å². The van der Waals surface area contributed by atoms with Crippen LogP contribution in [-0.2, 0) is 10.2 Å². The normalized spacial score (nSPS) is 15.4. The van der Waals surface area contributed by atoms with Crippen molar-refractivity contribution in [3.63, 3.8) is 0 Å². The molecule has 1 fully saturated rings. The number of anilines is 2. The minimum absolute atomic E-state index is 0.260. The molecule has 0 unspecified atom stereocenters. The first-order valence-electron chi connectivity index (χ1n) is 9.83. The van der Waals surface area contributed by atoms with Crippen molar-refractivity contribution >= 4 is 27.9 Å². The van der Waals surface area contributed by atoms with Crippen molar-refractivity contribution in [1.29, 1.82) is 0 Å². The van der Waals surface area contributed by atoms with Gasteiger partial charge in [0.05, 0.1) is 0 Å². The number of hydrogen-bond donors (Lipinski definition) is 2. The number of piperidine rings is 1. The van der Waals surface area contributed by atoms with E-state index in [9.17, 15) is 13.2 Å². The standard InChI is InChI=1S/C19H27N7O3S/c1-20-30(28,29)25(2)12-6-15-7-13-26(14-8-15)17-5-11-22-19(23-17)24-18(27)16-3-9-21-10-4-16/h3-5,9-11,15,20H,6-8,12-14H2,1-2H3,(H,22,23,24,27). The SMILES string of the molecule is CNS(=O)(=O)N(C)CCC1CCN(c2ccnc(NC(=O)c3ccncc3)n2)CC1. The molecule has 30 heavy (non-hydrogen) atoms. The zero-order chi connectivity index (χ0) is 21.6. The predicted octanol–water partition coefficient (Wildman–Crippen LogP) is 1.13. The Hall–Kier alpha value is -2.63. The minimum atomic E-state index is -3.37. The van der Waals surface area contributed by atoms with E-state index in [2.05, 4.69) is 29.9 Å². The summed E-state index contributed by atoms with van der Waals surface area (Å²) in [5, 5.41) is 2.71. The summed E-state index contributed by atoms with van der Waals surface area (Å²) in [6, 6.07) is 5.09. The summed E-state index contributed by atoms with van der Waals surface area (Å²) in [4.78, 5) is 27.0. The highest BCUT2D eigenvalue weighted by atomic mass is 32.2. The van der Waals surface area contributed by atoms with Crippen LogP contribution >= 0.6 is 0 Å². The van der Waals surface area contributed by atoms with E-state index in [-0.39, 0.29) is 11.9 Å². The van der Waals surface area contributed by atoms with E-state index in [1.54, 1.807) is 37.8 Å². The second-order valence-electron chi connectivity index (χ2n) is 7.18. The molecule has 0 spiro atoms. The maximum Gasteiger partial charge on any atom is 0.278 e. The van der Waals surface area contributed by atoms with Gasteiger partial charge < -0.3 is 4.90 Å². The van der Waals surface area contributed by atoms with Crippen molar-refractivity contribution in [2.45, 2.75) is 19.3 Å². The molecule has 0 saturated carbocycles. The lowest BCUT2D eigenvalue weighted by Crippen LogP contribution is -2.39. The Morgan fingerprint density at radius 1 is 1.20 bits per heavy atom. The van der Waals surface area contributed by atoms with E-state index < -0.39 is 10.2 Å². The Labute approximate surface area is 176 Å². The van der Waals surface area contributed by atoms with E-state index in [0.717, 1.165) is 38.2 Å². The molecule has 0 bridgehead atoms. The summed E-state index contributed by atoms with van der Waals surface area (Å²) in [5.41, 5.74) is 0.491. The highest BCUT2D eigenvalue weighted by molar-refractivity contribution is 7.87. The van der Waals surface area contributed by atoms with Crippen molar-refractivity contribution in [2.24, 2.45) is 5.92 Å². The smallest absolute Gasteiger partial charge is 0.278 e. The number of rotatable bonds is 8. The zero-order valence-corrected chi connectivity index (χ0v) is 18.0. The Morgan fingerprint density at radius 3 is 2.57 bits per heavy atom. The van der Waals surface area contributed by atoms with Gasteiger partial charge in [0.2, 0.25) is 5.95 Å². The largest absolute Gasteiger partial charge is 0.356 e. The molecule has 0 aromatic carbocycles. The molecule has 3 rings (SSSR count). The van der Waals surface area contributed by atoms with Crippen LogP contribution in [0.2, 0.25) is 0 Å². The third-order valence-electron chi connectivity index (χ3n) is 5.27. The van der Waals surface area contributed by atoms with Gasteiger partial charge in [0, 0.05) is 57.9 Å². The first-order chi connectivity index (χ1) is 14.4. The fourth-order valence-corrected chi connectivity index (χ4v) is 4.01. The molecule has 10 nitrogen and oxygen atoms in total. The number of nitrogens with one attached hydrogen (secondary N) is 2. The van der Waals surface area contributed by atoms with Gasteiger partial charge in [0.1, 0.15) is 5.82 Å². The molecule has 0 radical (unpaired) electrons. The lowest BCUT2D eigenvalue weighted by molar-refractivity contribution is 0.102.